The Morgan fingerprint density at radius 3 is 3.22 bits per heavy atom. The summed E-state index contributed by atoms with van der Waals surface area (Å²) < 4.78 is 0. The highest BCUT2D eigenvalue weighted by molar-refractivity contribution is 6.45. The molecular weight excluding hydrogens is 225 g/mol. The first-order chi connectivity index (χ1) is 8.68. The van der Waals surface area contributed by atoms with Crippen LogP contribution in [0.2, 0.25) is 6.82 Å². The first-order valence-corrected chi connectivity index (χ1v) is 6.74. The third-order valence-electron chi connectivity index (χ3n) is 3.69. The van der Waals surface area contributed by atoms with Crippen LogP contribution in [0.4, 0.5) is 0 Å². The van der Waals surface area contributed by atoms with E-state index in [0.29, 0.717) is 6.04 Å². The molecule has 2 rings (SSSR count). The lowest BCUT2D eigenvalue weighted by molar-refractivity contribution is 0.383. The third-order valence-corrected chi connectivity index (χ3v) is 3.69. The Morgan fingerprint density at radius 1 is 1.61 bits per heavy atom. The van der Waals surface area contributed by atoms with Crippen LogP contribution in [-0.2, 0) is 6.42 Å². The lowest BCUT2D eigenvalue weighted by Crippen LogP contribution is -2.39. The number of rotatable bonds is 5. The summed E-state index contributed by atoms with van der Waals surface area (Å²) in [4.78, 5) is 6.43. The Labute approximate surface area is 110 Å². The molecule has 1 atom stereocenters. The van der Waals surface area contributed by atoms with Crippen LogP contribution in [0.15, 0.2) is 18.3 Å². The number of aromatic nitrogens is 1. The van der Waals surface area contributed by atoms with Gasteiger partial charge in [0.25, 0.3) is 0 Å². The zero-order valence-electron chi connectivity index (χ0n) is 11.3. The molecule has 0 radical (unpaired) electrons. The Balaban J connectivity index is 1.88. The number of aryl methyl sites for hydroxylation is 1. The second-order valence-electron chi connectivity index (χ2n) is 5.06. The minimum absolute atomic E-state index is 0.373. The molecule has 18 heavy (non-hydrogen) atoms. The van der Waals surface area contributed by atoms with Crippen LogP contribution < -0.4 is 5.32 Å². The van der Waals surface area contributed by atoms with Crippen LogP contribution >= 0.6 is 0 Å². The number of hydrogen-bond acceptors (Lipinski definition) is 4. The average molecular weight is 247 g/mol. The van der Waals surface area contributed by atoms with E-state index in [1.165, 1.54) is 17.7 Å². The number of likely N-dealkylation sites (N-methyl/N-ethyl adjacent to an activating group) is 1. The SMILES string of the molecule is CB(O)N(C)CCNC1CCCc2cccnc21. The van der Waals surface area contributed by atoms with Crippen molar-refractivity contribution in [3.63, 3.8) is 0 Å². The summed E-state index contributed by atoms with van der Waals surface area (Å²) in [6.45, 7) is 3.51. The highest BCUT2D eigenvalue weighted by atomic mass is 16.2. The van der Waals surface area contributed by atoms with Crippen LogP contribution in [0.3, 0.4) is 0 Å². The predicted molar refractivity (Wildman–Crippen MR) is 74.4 cm³/mol. The van der Waals surface area contributed by atoms with E-state index in [9.17, 15) is 5.02 Å². The molecule has 0 aromatic carbocycles. The minimum Gasteiger partial charge on any atom is -0.437 e. The van der Waals surface area contributed by atoms with Crippen LogP contribution in [0.1, 0.15) is 30.1 Å². The van der Waals surface area contributed by atoms with E-state index in [4.69, 9.17) is 0 Å². The van der Waals surface area contributed by atoms with Crippen LogP contribution in [0.25, 0.3) is 0 Å². The van der Waals surface area contributed by atoms with Gasteiger partial charge in [0.05, 0.1) is 5.69 Å². The molecule has 1 aliphatic carbocycles. The van der Waals surface area contributed by atoms with E-state index in [1.807, 2.05) is 24.1 Å². The molecule has 0 spiro atoms. The van der Waals surface area contributed by atoms with Gasteiger partial charge in [-0.25, -0.2) is 0 Å². The molecule has 0 saturated heterocycles. The van der Waals surface area contributed by atoms with Gasteiger partial charge in [-0.2, -0.15) is 0 Å². The van der Waals surface area contributed by atoms with Crippen molar-refractivity contribution in [2.24, 2.45) is 0 Å². The summed E-state index contributed by atoms with van der Waals surface area (Å²) >= 11 is 0. The van der Waals surface area contributed by atoms with Gasteiger partial charge in [-0.05, 0) is 44.8 Å². The van der Waals surface area contributed by atoms with E-state index in [1.54, 1.807) is 6.82 Å². The third kappa shape index (κ3) is 3.31. The molecule has 0 fully saturated rings. The fraction of sp³-hybridized carbons (Fsp3) is 0.615. The van der Waals surface area contributed by atoms with Crippen LogP contribution in [0.5, 0.6) is 0 Å². The summed E-state index contributed by atoms with van der Waals surface area (Å²) in [6.07, 6.45) is 5.40. The highest BCUT2D eigenvalue weighted by Crippen LogP contribution is 2.27. The molecule has 0 bridgehead atoms. The first kappa shape index (κ1) is 13.5. The summed E-state index contributed by atoms with van der Waals surface area (Å²) in [5.74, 6) is 0. The molecule has 2 N–H and O–H groups in total. The smallest absolute Gasteiger partial charge is 0.376 e. The van der Waals surface area contributed by atoms with E-state index in [0.717, 1.165) is 25.9 Å². The molecule has 1 aromatic heterocycles. The lowest BCUT2D eigenvalue weighted by atomic mass is 9.86. The second-order valence-corrected chi connectivity index (χ2v) is 5.06. The van der Waals surface area contributed by atoms with Gasteiger partial charge in [0.15, 0.2) is 0 Å². The molecule has 4 nitrogen and oxygen atoms in total. The Morgan fingerprint density at radius 2 is 2.44 bits per heavy atom. The first-order valence-electron chi connectivity index (χ1n) is 6.74. The molecule has 1 heterocycles. The van der Waals surface area contributed by atoms with Crippen molar-refractivity contribution in [2.75, 3.05) is 20.1 Å². The molecule has 1 aromatic rings. The van der Waals surface area contributed by atoms with Gasteiger partial charge in [0, 0.05) is 25.3 Å². The van der Waals surface area contributed by atoms with Crippen LogP contribution in [0, 0.1) is 0 Å². The largest absolute Gasteiger partial charge is 0.437 e. The summed E-state index contributed by atoms with van der Waals surface area (Å²) in [6, 6.07) is 4.57. The molecule has 98 valence electrons. The number of fused-ring (bicyclic) bond motifs is 1. The quantitative estimate of drug-likeness (QED) is 0.765. The molecule has 5 heteroatoms. The van der Waals surface area contributed by atoms with Gasteiger partial charge >= 0.3 is 7.05 Å². The van der Waals surface area contributed by atoms with Gasteiger partial charge in [-0.1, -0.05) is 6.07 Å². The fourth-order valence-corrected chi connectivity index (χ4v) is 2.41. The maximum atomic E-state index is 9.40. The molecule has 1 unspecified atom stereocenters. The summed E-state index contributed by atoms with van der Waals surface area (Å²) in [5, 5.41) is 12.9. The monoisotopic (exact) mass is 247 g/mol. The van der Waals surface area contributed by atoms with E-state index in [2.05, 4.69) is 16.4 Å². The Bertz CT molecular complexity index is 386. The van der Waals surface area contributed by atoms with Gasteiger partial charge < -0.3 is 15.2 Å². The average Bonchev–Trinajstić information content (AvgIpc) is 2.38. The molecule has 0 saturated carbocycles. The van der Waals surface area contributed by atoms with Gasteiger partial charge in [0.1, 0.15) is 0 Å². The minimum atomic E-state index is -0.386. The van der Waals surface area contributed by atoms with Crippen molar-refractivity contribution in [2.45, 2.75) is 32.1 Å². The highest BCUT2D eigenvalue weighted by Gasteiger charge is 2.20. The molecule has 0 amide bonds. The summed E-state index contributed by atoms with van der Waals surface area (Å²) in [7, 11) is 1.54. The number of pyridine rings is 1. The summed E-state index contributed by atoms with van der Waals surface area (Å²) in [5.41, 5.74) is 2.59. The standard InChI is InChI=1S/C13H22BN3O/c1-14(18)17(2)10-9-15-12-7-3-5-11-6-4-8-16-13(11)12/h4,6,8,12,15,18H,3,5,7,9-10H2,1-2H3. The second kappa shape index (κ2) is 6.32. The molecule has 1 aliphatic rings. The molecular formula is C13H22BN3O. The van der Waals surface area contributed by atoms with Crippen LogP contribution in [-0.4, -0.2) is 42.0 Å². The van der Waals surface area contributed by atoms with Crippen molar-refractivity contribution in [1.29, 1.82) is 0 Å². The fourth-order valence-electron chi connectivity index (χ4n) is 2.41. The predicted octanol–water partition coefficient (Wildman–Crippen LogP) is 1.09. The van der Waals surface area contributed by atoms with E-state index < -0.39 is 0 Å². The van der Waals surface area contributed by atoms with Gasteiger partial charge in [-0.3, -0.25) is 4.98 Å². The van der Waals surface area contributed by atoms with Gasteiger partial charge in [0.2, 0.25) is 0 Å². The number of nitrogens with zero attached hydrogens (tertiary/aromatic N) is 2. The lowest BCUT2D eigenvalue weighted by Gasteiger charge is -2.26. The maximum Gasteiger partial charge on any atom is 0.376 e. The molecule has 0 aliphatic heterocycles. The zero-order chi connectivity index (χ0) is 13.0. The number of nitrogens with one attached hydrogen (secondary N) is 1. The van der Waals surface area contributed by atoms with Crippen molar-refractivity contribution < 1.29 is 5.02 Å². The van der Waals surface area contributed by atoms with E-state index in [-0.39, 0.29) is 7.05 Å². The van der Waals surface area contributed by atoms with Crippen molar-refractivity contribution >= 4 is 7.05 Å². The Hall–Kier alpha value is -0.905. The topological polar surface area (TPSA) is 48.4 Å². The van der Waals surface area contributed by atoms with Gasteiger partial charge in [-0.15, -0.1) is 0 Å². The van der Waals surface area contributed by atoms with E-state index >= 15 is 0 Å². The zero-order valence-corrected chi connectivity index (χ0v) is 11.3. The van der Waals surface area contributed by atoms with Crippen molar-refractivity contribution in [1.82, 2.24) is 15.1 Å². The number of hydrogen-bond donors (Lipinski definition) is 2. The normalized spacial score (nSPS) is 18.8. The Kier molecular flexibility index (Phi) is 4.75. The van der Waals surface area contributed by atoms with Crippen molar-refractivity contribution in [3.05, 3.63) is 29.6 Å². The maximum absolute atomic E-state index is 9.40. The van der Waals surface area contributed by atoms with Crippen molar-refractivity contribution in [3.8, 4) is 0 Å².